The van der Waals surface area contributed by atoms with Gasteiger partial charge in [0.25, 0.3) is 0 Å². The molecule has 2 aliphatic heterocycles. The fourth-order valence-electron chi connectivity index (χ4n) is 4.19. The Morgan fingerprint density at radius 2 is 2.00 bits per heavy atom. The van der Waals surface area contributed by atoms with Crippen LogP contribution in [0.5, 0.6) is 0 Å². The van der Waals surface area contributed by atoms with Crippen LogP contribution in [0.15, 0.2) is 30.3 Å². The van der Waals surface area contributed by atoms with Crippen LogP contribution in [-0.2, 0) is 16.1 Å². The highest BCUT2D eigenvalue weighted by Crippen LogP contribution is 2.30. The molecular formula is C20H31N3O2. The molecule has 25 heavy (non-hydrogen) atoms. The Morgan fingerprint density at radius 1 is 1.28 bits per heavy atom. The third-order valence-corrected chi connectivity index (χ3v) is 5.69. The van der Waals surface area contributed by atoms with Crippen LogP contribution in [-0.4, -0.2) is 49.7 Å². The highest BCUT2D eigenvalue weighted by Gasteiger charge is 2.39. The van der Waals surface area contributed by atoms with Crippen LogP contribution in [0.2, 0.25) is 0 Å². The number of carbonyl (C=O) groups is 1. The Hall–Kier alpha value is -1.43. The van der Waals surface area contributed by atoms with Gasteiger partial charge in [0.2, 0.25) is 5.91 Å². The largest absolute Gasteiger partial charge is 0.381 e. The van der Waals surface area contributed by atoms with Gasteiger partial charge in [0.1, 0.15) is 0 Å². The quantitative estimate of drug-likeness (QED) is 0.825. The maximum absolute atomic E-state index is 12.0. The molecule has 0 aromatic heterocycles. The minimum absolute atomic E-state index is 0.187. The number of ether oxygens (including phenoxy) is 1. The minimum Gasteiger partial charge on any atom is -0.381 e. The van der Waals surface area contributed by atoms with E-state index in [2.05, 4.69) is 47.5 Å². The van der Waals surface area contributed by atoms with Crippen LogP contribution < -0.4 is 11.1 Å². The van der Waals surface area contributed by atoms with Gasteiger partial charge in [-0.15, -0.1) is 0 Å². The molecule has 0 spiro atoms. The molecule has 2 aliphatic rings. The molecule has 1 aromatic carbocycles. The van der Waals surface area contributed by atoms with Crippen molar-refractivity contribution in [3.8, 4) is 0 Å². The van der Waals surface area contributed by atoms with E-state index in [1.54, 1.807) is 0 Å². The highest BCUT2D eigenvalue weighted by atomic mass is 16.5. The molecule has 0 saturated carbocycles. The number of rotatable bonds is 6. The van der Waals surface area contributed by atoms with Gasteiger partial charge in [0, 0.05) is 45.4 Å². The summed E-state index contributed by atoms with van der Waals surface area (Å²) >= 11 is 0. The van der Waals surface area contributed by atoms with E-state index in [1.165, 1.54) is 5.56 Å². The third kappa shape index (κ3) is 4.81. The first-order chi connectivity index (χ1) is 12.1. The number of hydrogen-bond acceptors (Lipinski definition) is 4. The second kappa shape index (κ2) is 8.30. The molecule has 5 nitrogen and oxygen atoms in total. The fraction of sp³-hybridized carbons (Fsp3) is 0.650. The SMILES string of the molecule is C[C@H]1C[C@@H](NCC2(C(N)=O)CCOCC2)CN(Cc2ccccc2)C1. The zero-order chi connectivity index (χ0) is 17.7. The summed E-state index contributed by atoms with van der Waals surface area (Å²) < 4.78 is 5.42. The van der Waals surface area contributed by atoms with Crippen molar-refractivity contribution in [2.75, 3.05) is 32.8 Å². The molecule has 2 fully saturated rings. The summed E-state index contributed by atoms with van der Waals surface area (Å²) in [5.74, 6) is 0.461. The van der Waals surface area contributed by atoms with Gasteiger partial charge in [-0.05, 0) is 30.7 Å². The van der Waals surface area contributed by atoms with Crippen LogP contribution in [0, 0.1) is 11.3 Å². The van der Waals surface area contributed by atoms with Gasteiger partial charge < -0.3 is 15.8 Å². The van der Waals surface area contributed by atoms with E-state index in [1.807, 2.05) is 0 Å². The highest BCUT2D eigenvalue weighted by molar-refractivity contribution is 5.81. The van der Waals surface area contributed by atoms with Crippen molar-refractivity contribution >= 4 is 5.91 Å². The van der Waals surface area contributed by atoms with E-state index in [0.29, 0.717) is 31.7 Å². The molecular weight excluding hydrogens is 314 g/mol. The molecule has 0 bridgehead atoms. The number of primary amides is 1. The lowest BCUT2D eigenvalue weighted by molar-refractivity contribution is -0.133. The fourth-order valence-corrected chi connectivity index (χ4v) is 4.19. The molecule has 138 valence electrons. The lowest BCUT2D eigenvalue weighted by Crippen LogP contribution is -2.54. The van der Waals surface area contributed by atoms with Crippen molar-refractivity contribution in [3.63, 3.8) is 0 Å². The number of piperidine rings is 1. The Bertz CT molecular complexity index is 557. The van der Waals surface area contributed by atoms with E-state index < -0.39 is 5.41 Å². The number of nitrogens with zero attached hydrogens (tertiary/aromatic N) is 1. The van der Waals surface area contributed by atoms with Gasteiger partial charge >= 0.3 is 0 Å². The van der Waals surface area contributed by atoms with E-state index in [9.17, 15) is 4.79 Å². The molecule has 0 radical (unpaired) electrons. The second-order valence-corrected chi connectivity index (χ2v) is 7.86. The predicted molar refractivity (Wildman–Crippen MR) is 99.0 cm³/mol. The molecule has 3 rings (SSSR count). The van der Waals surface area contributed by atoms with Crippen LogP contribution >= 0.6 is 0 Å². The summed E-state index contributed by atoms with van der Waals surface area (Å²) in [6.45, 7) is 7.37. The number of amides is 1. The summed E-state index contributed by atoms with van der Waals surface area (Å²) in [5, 5.41) is 3.66. The van der Waals surface area contributed by atoms with Crippen molar-refractivity contribution < 1.29 is 9.53 Å². The smallest absolute Gasteiger partial charge is 0.225 e. The van der Waals surface area contributed by atoms with Crippen molar-refractivity contribution in [1.82, 2.24) is 10.2 Å². The molecule has 1 aromatic rings. The van der Waals surface area contributed by atoms with Gasteiger partial charge in [0.15, 0.2) is 0 Å². The molecule has 2 heterocycles. The van der Waals surface area contributed by atoms with E-state index in [4.69, 9.17) is 10.5 Å². The summed E-state index contributed by atoms with van der Waals surface area (Å²) in [4.78, 5) is 14.6. The number of carbonyl (C=O) groups excluding carboxylic acids is 1. The molecule has 2 atom stereocenters. The Morgan fingerprint density at radius 3 is 2.68 bits per heavy atom. The number of benzene rings is 1. The lowest BCUT2D eigenvalue weighted by atomic mass is 9.79. The number of hydrogen-bond donors (Lipinski definition) is 2. The summed E-state index contributed by atoms with van der Waals surface area (Å²) in [6.07, 6.45) is 2.60. The van der Waals surface area contributed by atoms with E-state index >= 15 is 0 Å². The lowest BCUT2D eigenvalue weighted by Gasteiger charge is -2.40. The van der Waals surface area contributed by atoms with Gasteiger partial charge in [-0.25, -0.2) is 0 Å². The second-order valence-electron chi connectivity index (χ2n) is 7.86. The van der Waals surface area contributed by atoms with Crippen LogP contribution in [0.1, 0.15) is 31.7 Å². The van der Waals surface area contributed by atoms with Crippen LogP contribution in [0.4, 0.5) is 0 Å². The maximum Gasteiger partial charge on any atom is 0.225 e. The van der Waals surface area contributed by atoms with Crippen molar-refractivity contribution in [3.05, 3.63) is 35.9 Å². The van der Waals surface area contributed by atoms with E-state index in [0.717, 1.165) is 38.9 Å². The maximum atomic E-state index is 12.0. The first-order valence-electron chi connectivity index (χ1n) is 9.45. The molecule has 0 aliphatic carbocycles. The summed E-state index contributed by atoms with van der Waals surface area (Å²) in [7, 11) is 0. The van der Waals surface area contributed by atoms with Crippen molar-refractivity contribution in [2.24, 2.45) is 17.1 Å². The minimum atomic E-state index is -0.441. The monoisotopic (exact) mass is 345 g/mol. The summed E-state index contributed by atoms with van der Waals surface area (Å²) in [6, 6.07) is 11.0. The van der Waals surface area contributed by atoms with Crippen molar-refractivity contribution in [1.29, 1.82) is 0 Å². The molecule has 0 unspecified atom stereocenters. The Kier molecular flexibility index (Phi) is 6.10. The number of nitrogens with one attached hydrogen (secondary N) is 1. The standard InChI is InChI=1S/C20H31N3O2/c1-16-11-18(14-23(12-16)13-17-5-3-2-4-6-17)22-15-20(19(21)24)7-9-25-10-8-20/h2-6,16,18,22H,7-15H2,1H3,(H2,21,24)/t16-,18+/m0/s1. The first kappa shape index (κ1) is 18.4. The third-order valence-electron chi connectivity index (χ3n) is 5.69. The van der Waals surface area contributed by atoms with Gasteiger partial charge in [0.05, 0.1) is 5.41 Å². The number of nitrogens with two attached hydrogens (primary N) is 1. The molecule has 2 saturated heterocycles. The topological polar surface area (TPSA) is 67.6 Å². The normalized spacial score (nSPS) is 27.1. The predicted octanol–water partition coefficient (Wildman–Crippen LogP) is 1.77. The zero-order valence-electron chi connectivity index (χ0n) is 15.2. The molecule has 3 N–H and O–H groups in total. The van der Waals surface area contributed by atoms with Crippen LogP contribution in [0.3, 0.4) is 0 Å². The first-order valence-corrected chi connectivity index (χ1v) is 9.45. The van der Waals surface area contributed by atoms with Gasteiger partial charge in [-0.3, -0.25) is 9.69 Å². The van der Waals surface area contributed by atoms with Crippen molar-refractivity contribution in [2.45, 2.75) is 38.8 Å². The van der Waals surface area contributed by atoms with Gasteiger partial charge in [-0.2, -0.15) is 0 Å². The summed E-state index contributed by atoms with van der Waals surface area (Å²) in [5.41, 5.74) is 6.64. The molecule has 1 amide bonds. The van der Waals surface area contributed by atoms with Gasteiger partial charge in [-0.1, -0.05) is 37.3 Å². The average Bonchev–Trinajstić information content (AvgIpc) is 2.61. The average molecular weight is 345 g/mol. The van der Waals surface area contributed by atoms with Crippen LogP contribution in [0.25, 0.3) is 0 Å². The Balaban J connectivity index is 1.57. The van der Waals surface area contributed by atoms with E-state index in [-0.39, 0.29) is 5.91 Å². The Labute approximate surface area is 150 Å². The zero-order valence-corrected chi connectivity index (χ0v) is 15.2. The molecule has 5 heteroatoms. The number of likely N-dealkylation sites (tertiary alicyclic amines) is 1.